The molecule has 1 aliphatic carbocycles. The van der Waals surface area contributed by atoms with Crippen molar-refractivity contribution in [3.63, 3.8) is 0 Å². The highest BCUT2D eigenvalue weighted by atomic mass is 32.2. The summed E-state index contributed by atoms with van der Waals surface area (Å²) < 4.78 is 5.88. The molecule has 1 fully saturated rings. The Labute approximate surface area is 185 Å². The Morgan fingerprint density at radius 1 is 0.871 bits per heavy atom. The van der Waals surface area contributed by atoms with Crippen LogP contribution in [0.2, 0.25) is 0 Å². The van der Waals surface area contributed by atoms with Crippen LogP contribution in [0.1, 0.15) is 41.6 Å². The zero-order chi connectivity index (χ0) is 20.8. The van der Waals surface area contributed by atoms with E-state index in [1.54, 1.807) is 11.8 Å². The van der Waals surface area contributed by atoms with Gasteiger partial charge < -0.3 is 9.42 Å². The van der Waals surface area contributed by atoms with Gasteiger partial charge in [0.05, 0.1) is 10.9 Å². The summed E-state index contributed by atoms with van der Waals surface area (Å²) in [6.45, 7) is 1.95. The molecule has 0 spiro atoms. The van der Waals surface area contributed by atoms with Crippen LogP contribution in [0.25, 0.3) is 22.2 Å². The maximum absolute atomic E-state index is 13.7. The van der Waals surface area contributed by atoms with Crippen LogP contribution < -0.4 is 4.90 Å². The maximum Gasteiger partial charge on any atom is 0.196 e. The van der Waals surface area contributed by atoms with E-state index in [1.807, 2.05) is 42.5 Å². The molecular formula is C26H22N2O2S. The Morgan fingerprint density at radius 3 is 2.35 bits per heavy atom. The number of nitrogens with zero attached hydrogens (tertiary/aromatic N) is 2. The molecule has 4 aromatic rings. The summed E-state index contributed by atoms with van der Waals surface area (Å²) >= 11 is 1.68. The molecule has 0 amide bonds. The van der Waals surface area contributed by atoms with Crippen molar-refractivity contribution in [2.75, 3.05) is 18.0 Å². The van der Waals surface area contributed by atoms with Crippen molar-refractivity contribution < 1.29 is 9.32 Å². The molecule has 0 unspecified atom stereocenters. The van der Waals surface area contributed by atoms with E-state index in [4.69, 9.17) is 4.52 Å². The quantitative estimate of drug-likeness (QED) is 0.326. The van der Waals surface area contributed by atoms with Crippen LogP contribution in [0.15, 0.2) is 75.0 Å². The number of hydrogen-bond acceptors (Lipinski definition) is 5. The third-order valence-corrected chi connectivity index (χ3v) is 7.30. The first-order chi connectivity index (χ1) is 15.3. The Morgan fingerprint density at radius 2 is 1.58 bits per heavy atom. The van der Waals surface area contributed by atoms with Crippen LogP contribution in [0, 0.1) is 0 Å². The molecule has 0 radical (unpaired) electrons. The highest BCUT2D eigenvalue weighted by molar-refractivity contribution is 7.99. The van der Waals surface area contributed by atoms with E-state index in [2.05, 4.69) is 28.3 Å². The summed E-state index contributed by atoms with van der Waals surface area (Å²) in [7, 11) is 0. The summed E-state index contributed by atoms with van der Waals surface area (Å²) in [6.07, 6.45) is 4.80. The van der Waals surface area contributed by atoms with Gasteiger partial charge in [-0.2, -0.15) is 0 Å². The first kappa shape index (κ1) is 18.7. The molecule has 2 aliphatic rings. The van der Waals surface area contributed by atoms with E-state index in [-0.39, 0.29) is 5.78 Å². The summed E-state index contributed by atoms with van der Waals surface area (Å²) in [5, 5.41) is 5.32. The number of hydrogen-bond donors (Lipinski definition) is 0. The fourth-order valence-corrected chi connectivity index (χ4v) is 5.72. The zero-order valence-electron chi connectivity index (χ0n) is 17.1. The van der Waals surface area contributed by atoms with E-state index in [0.29, 0.717) is 11.3 Å². The van der Waals surface area contributed by atoms with Gasteiger partial charge in [0.1, 0.15) is 5.52 Å². The Hall–Kier alpha value is -3.05. The van der Waals surface area contributed by atoms with E-state index in [1.165, 1.54) is 12.8 Å². The van der Waals surface area contributed by atoms with Crippen LogP contribution in [-0.2, 0) is 0 Å². The van der Waals surface area contributed by atoms with Crippen LogP contribution in [0.5, 0.6) is 0 Å². The van der Waals surface area contributed by atoms with Gasteiger partial charge in [0.15, 0.2) is 11.5 Å². The molecule has 154 valence electrons. The van der Waals surface area contributed by atoms with Gasteiger partial charge in [-0.1, -0.05) is 72.2 Å². The minimum Gasteiger partial charge on any atom is -0.371 e. The fourth-order valence-electron chi connectivity index (χ4n) is 4.76. The first-order valence-corrected chi connectivity index (χ1v) is 11.7. The van der Waals surface area contributed by atoms with E-state index in [0.717, 1.165) is 63.4 Å². The van der Waals surface area contributed by atoms with Gasteiger partial charge in [0.25, 0.3) is 0 Å². The van der Waals surface area contributed by atoms with Crippen LogP contribution in [0.3, 0.4) is 0 Å². The number of ketones is 1. The summed E-state index contributed by atoms with van der Waals surface area (Å²) in [5.41, 5.74) is 4.10. The second-order valence-electron chi connectivity index (χ2n) is 8.20. The van der Waals surface area contributed by atoms with Crippen molar-refractivity contribution in [3.05, 3.63) is 71.8 Å². The number of anilines is 1. The largest absolute Gasteiger partial charge is 0.371 e. The van der Waals surface area contributed by atoms with Crippen LogP contribution in [-0.4, -0.2) is 24.0 Å². The molecule has 1 aliphatic heterocycles. The van der Waals surface area contributed by atoms with Gasteiger partial charge in [0.2, 0.25) is 0 Å². The molecule has 4 nitrogen and oxygen atoms in total. The van der Waals surface area contributed by atoms with E-state index in [9.17, 15) is 4.79 Å². The monoisotopic (exact) mass is 426 g/mol. The molecule has 5 heteroatoms. The molecule has 0 atom stereocenters. The first-order valence-electron chi connectivity index (χ1n) is 10.9. The van der Waals surface area contributed by atoms with Crippen LogP contribution in [0.4, 0.5) is 5.69 Å². The number of aromatic nitrogens is 1. The average Bonchev–Trinajstić information content (AvgIpc) is 3.07. The maximum atomic E-state index is 13.7. The minimum absolute atomic E-state index is 0.0757. The molecular weight excluding hydrogens is 404 g/mol. The molecule has 3 aromatic carbocycles. The lowest BCUT2D eigenvalue weighted by Crippen LogP contribution is -2.27. The highest BCUT2D eigenvalue weighted by Crippen LogP contribution is 2.47. The van der Waals surface area contributed by atoms with E-state index >= 15 is 0 Å². The van der Waals surface area contributed by atoms with E-state index < -0.39 is 0 Å². The summed E-state index contributed by atoms with van der Waals surface area (Å²) in [6, 6.07) is 20.2. The summed E-state index contributed by atoms with van der Waals surface area (Å²) in [5.74, 6) is 0.790. The fraction of sp³-hybridized carbons (Fsp3) is 0.231. The van der Waals surface area contributed by atoms with Crippen molar-refractivity contribution in [1.29, 1.82) is 0 Å². The minimum atomic E-state index is 0.0757. The molecule has 6 rings (SSSR count). The lowest BCUT2D eigenvalue weighted by Gasteiger charge is -2.27. The lowest BCUT2D eigenvalue weighted by molar-refractivity contribution is 0.104. The lowest BCUT2D eigenvalue weighted by atomic mass is 9.86. The number of benzene rings is 3. The summed E-state index contributed by atoms with van der Waals surface area (Å²) in [4.78, 5) is 18.3. The van der Waals surface area contributed by atoms with Gasteiger partial charge in [-0.05, 0) is 31.0 Å². The molecule has 0 bridgehead atoms. The van der Waals surface area contributed by atoms with Crippen molar-refractivity contribution in [2.24, 2.45) is 0 Å². The number of carbonyl (C=O) groups is 1. The van der Waals surface area contributed by atoms with Crippen molar-refractivity contribution >= 4 is 34.1 Å². The Bertz CT molecular complexity index is 1290. The van der Waals surface area contributed by atoms with Crippen LogP contribution >= 0.6 is 11.8 Å². The SMILES string of the molecule is O=C1c2ccccc2-c2onc3c(Sc4ccccc4)cc(N4CCCCCC4)c1c23. The second kappa shape index (κ2) is 7.57. The Balaban J connectivity index is 1.62. The van der Waals surface area contributed by atoms with Gasteiger partial charge in [-0.15, -0.1) is 0 Å². The Kier molecular flexibility index (Phi) is 4.57. The average molecular weight is 427 g/mol. The molecule has 31 heavy (non-hydrogen) atoms. The van der Waals surface area contributed by atoms with Crippen molar-refractivity contribution in [1.82, 2.24) is 5.16 Å². The molecule has 0 saturated carbocycles. The molecule has 0 N–H and O–H groups in total. The van der Waals surface area contributed by atoms with Gasteiger partial charge in [-0.25, -0.2) is 0 Å². The molecule has 1 saturated heterocycles. The normalized spacial score (nSPS) is 15.7. The van der Waals surface area contributed by atoms with Gasteiger partial charge >= 0.3 is 0 Å². The second-order valence-corrected chi connectivity index (χ2v) is 9.31. The highest BCUT2D eigenvalue weighted by Gasteiger charge is 2.34. The predicted octanol–water partition coefficient (Wildman–Crippen LogP) is 6.57. The predicted molar refractivity (Wildman–Crippen MR) is 124 cm³/mol. The van der Waals surface area contributed by atoms with Crippen molar-refractivity contribution in [3.8, 4) is 11.3 Å². The number of fused-ring (bicyclic) bond motifs is 2. The van der Waals surface area contributed by atoms with Gasteiger partial charge in [-0.3, -0.25) is 4.79 Å². The zero-order valence-corrected chi connectivity index (χ0v) is 18.0. The smallest absolute Gasteiger partial charge is 0.196 e. The third-order valence-electron chi connectivity index (χ3n) is 6.26. The van der Waals surface area contributed by atoms with Gasteiger partial charge in [0, 0.05) is 39.7 Å². The standard InChI is InChI=1S/C26H22N2O2S/c29-25-18-12-6-7-13-19(18)26-23-22(25)20(28-14-8-1-2-9-15-28)16-21(24(23)27-30-26)31-17-10-4-3-5-11-17/h3-7,10-13,16H,1-2,8-9,14-15H2. The third kappa shape index (κ3) is 3.07. The number of rotatable bonds is 3. The van der Waals surface area contributed by atoms with Crippen molar-refractivity contribution in [2.45, 2.75) is 35.5 Å². The number of carbonyl (C=O) groups excluding carboxylic acids is 1. The molecule has 2 heterocycles. The molecule has 1 aromatic heterocycles. The topological polar surface area (TPSA) is 46.3 Å².